The second kappa shape index (κ2) is 15.6. The fourth-order valence-electron chi connectivity index (χ4n) is 9.52. The van der Waals surface area contributed by atoms with Crippen molar-refractivity contribution in [3.63, 3.8) is 0 Å². The highest BCUT2D eigenvalue weighted by atomic mass is 32.1. The molecule has 3 heterocycles. The first-order valence-corrected chi connectivity index (χ1v) is 23.0. The Morgan fingerprint density at radius 2 is 0.758 bits per heavy atom. The lowest BCUT2D eigenvalue weighted by Crippen LogP contribution is -2.00. The SMILES string of the molecule is c1ccc(-c2ccc(-c3nc(-c4ccc(-c5ccccc5)cc4)nc(-c4ccc(-c5cccc6oc7c8ccccc8c(-c8cccc9c8sc8ccccc89)cc7c56)cc4)n3)cc2)cc1. The van der Waals surface area contributed by atoms with Gasteiger partial charge < -0.3 is 4.42 Å². The molecule has 308 valence electrons. The summed E-state index contributed by atoms with van der Waals surface area (Å²) in [6.45, 7) is 0. The van der Waals surface area contributed by atoms with Crippen molar-refractivity contribution < 1.29 is 4.42 Å². The van der Waals surface area contributed by atoms with Crippen LogP contribution in [0.1, 0.15) is 0 Å². The maximum atomic E-state index is 6.80. The Hall–Kier alpha value is -8.51. The molecule has 0 saturated carbocycles. The predicted molar refractivity (Wildman–Crippen MR) is 276 cm³/mol. The number of hydrogen-bond donors (Lipinski definition) is 0. The first-order valence-electron chi connectivity index (χ1n) is 22.2. The van der Waals surface area contributed by atoms with E-state index >= 15 is 0 Å². The van der Waals surface area contributed by atoms with E-state index in [1.807, 2.05) is 23.5 Å². The monoisotopic (exact) mass is 859 g/mol. The molecule has 0 saturated heterocycles. The van der Waals surface area contributed by atoms with E-state index < -0.39 is 0 Å². The number of hydrogen-bond acceptors (Lipinski definition) is 5. The first kappa shape index (κ1) is 38.0. The van der Waals surface area contributed by atoms with Gasteiger partial charge in [0, 0.05) is 58.6 Å². The highest BCUT2D eigenvalue weighted by Gasteiger charge is 2.20. The summed E-state index contributed by atoms with van der Waals surface area (Å²) in [5, 5.41) is 7.05. The van der Waals surface area contributed by atoms with E-state index in [2.05, 4.69) is 212 Å². The van der Waals surface area contributed by atoms with E-state index in [0.29, 0.717) is 17.5 Å². The summed E-state index contributed by atoms with van der Waals surface area (Å²) < 4.78 is 9.39. The Labute approximate surface area is 384 Å². The molecule has 13 rings (SSSR count). The summed E-state index contributed by atoms with van der Waals surface area (Å²) in [6, 6.07) is 79.1. The van der Waals surface area contributed by atoms with Crippen LogP contribution < -0.4 is 0 Å². The molecule has 0 fully saturated rings. The molecule has 0 atom stereocenters. The standard InChI is InChI=1S/C61H37N3OS/c1-3-13-38(14-4-1)40-25-31-43(32-26-40)59-62-60(44-33-27-41(28-34-44)39-15-5-2-6-16-39)64-61(63-59)45-35-29-42(30-36-45)46-20-12-23-54-56(46)53-37-52(47-17-7-8-19-49(47)57(53)65-54)51-22-11-21-50-48-18-9-10-24-55(48)66-58(50)51/h1-37H. The van der Waals surface area contributed by atoms with E-state index in [4.69, 9.17) is 19.4 Å². The zero-order valence-corrected chi connectivity index (χ0v) is 36.3. The van der Waals surface area contributed by atoms with Crippen LogP contribution in [0.2, 0.25) is 0 Å². The lowest BCUT2D eigenvalue weighted by molar-refractivity contribution is 0.673. The van der Waals surface area contributed by atoms with Crippen molar-refractivity contribution in [1.29, 1.82) is 0 Å². The van der Waals surface area contributed by atoms with Crippen LogP contribution in [0, 0.1) is 0 Å². The molecule has 0 spiro atoms. The lowest BCUT2D eigenvalue weighted by atomic mass is 9.92. The summed E-state index contributed by atoms with van der Waals surface area (Å²) in [7, 11) is 0. The van der Waals surface area contributed by atoms with Gasteiger partial charge in [-0.1, -0.05) is 206 Å². The number of nitrogens with zero attached hydrogens (tertiary/aromatic N) is 3. The number of furan rings is 1. The number of thiophene rings is 1. The summed E-state index contributed by atoms with van der Waals surface area (Å²) in [6.07, 6.45) is 0. The Kier molecular flexibility index (Phi) is 9.00. The zero-order chi connectivity index (χ0) is 43.6. The van der Waals surface area contributed by atoms with Crippen molar-refractivity contribution in [2.75, 3.05) is 0 Å². The molecule has 13 aromatic rings. The second-order valence-electron chi connectivity index (χ2n) is 16.7. The lowest BCUT2D eigenvalue weighted by Gasteiger charge is -2.11. The van der Waals surface area contributed by atoms with Crippen molar-refractivity contribution in [2.24, 2.45) is 0 Å². The van der Waals surface area contributed by atoms with Gasteiger partial charge >= 0.3 is 0 Å². The number of aromatic nitrogens is 3. The number of benzene rings is 10. The van der Waals surface area contributed by atoms with Gasteiger partial charge in [0.25, 0.3) is 0 Å². The van der Waals surface area contributed by atoms with Crippen LogP contribution in [0.4, 0.5) is 0 Å². The van der Waals surface area contributed by atoms with Gasteiger partial charge in [0.15, 0.2) is 17.5 Å². The smallest absolute Gasteiger partial charge is 0.164 e. The van der Waals surface area contributed by atoms with Gasteiger partial charge in [-0.05, 0) is 62.5 Å². The largest absolute Gasteiger partial charge is 0.455 e. The van der Waals surface area contributed by atoms with Crippen LogP contribution in [0.3, 0.4) is 0 Å². The zero-order valence-electron chi connectivity index (χ0n) is 35.5. The van der Waals surface area contributed by atoms with E-state index in [1.54, 1.807) is 0 Å². The van der Waals surface area contributed by atoms with Gasteiger partial charge in [0.1, 0.15) is 11.2 Å². The van der Waals surface area contributed by atoms with Crippen molar-refractivity contribution in [3.05, 3.63) is 224 Å². The van der Waals surface area contributed by atoms with Gasteiger partial charge in [-0.2, -0.15) is 0 Å². The van der Waals surface area contributed by atoms with E-state index in [0.717, 1.165) is 77.4 Å². The summed E-state index contributed by atoms with van der Waals surface area (Å²) in [4.78, 5) is 15.3. The van der Waals surface area contributed by atoms with Crippen molar-refractivity contribution >= 4 is 64.2 Å². The molecule has 0 aliphatic rings. The van der Waals surface area contributed by atoms with Crippen molar-refractivity contribution in [1.82, 2.24) is 15.0 Å². The van der Waals surface area contributed by atoms with Gasteiger partial charge in [-0.15, -0.1) is 11.3 Å². The topological polar surface area (TPSA) is 51.8 Å². The highest BCUT2D eigenvalue weighted by molar-refractivity contribution is 7.26. The van der Waals surface area contributed by atoms with Gasteiger partial charge in [0.2, 0.25) is 0 Å². The molecule has 0 radical (unpaired) electrons. The molecule has 0 aliphatic heterocycles. The summed E-state index contributed by atoms with van der Waals surface area (Å²) in [5.41, 5.74) is 13.7. The Morgan fingerprint density at radius 3 is 1.36 bits per heavy atom. The molecular formula is C61H37N3OS. The fourth-order valence-corrected chi connectivity index (χ4v) is 10.7. The minimum absolute atomic E-state index is 0.610. The van der Waals surface area contributed by atoms with Gasteiger partial charge in [-0.3, -0.25) is 0 Å². The molecule has 3 aromatic heterocycles. The summed E-state index contributed by atoms with van der Waals surface area (Å²) in [5.74, 6) is 1.85. The molecule has 0 N–H and O–H groups in total. The van der Waals surface area contributed by atoms with Crippen molar-refractivity contribution in [3.8, 4) is 78.7 Å². The van der Waals surface area contributed by atoms with Crippen LogP contribution in [0.5, 0.6) is 0 Å². The van der Waals surface area contributed by atoms with Crippen molar-refractivity contribution in [2.45, 2.75) is 0 Å². The fraction of sp³-hybridized carbons (Fsp3) is 0. The predicted octanol–water partition coefficient (Wildman–Crippen LogP) is 17.0. The van der Waals surface area contributed by atoms with E-state index in [-0.39, 0.29) is 0 Å². The Morgan fingerprint density at radius 1 is 0.303 bits per heavy atom. The first-order chi connectivity index (χ1) is 32.7. The normalized spacial score (nSPS) is 11.6. The van der Waals surface area contributed by atoms with Gasteiger partial charge in [0.05, 0.1) is 0 Å². The minimum Gasteiger partial charge on any atom is -0.455 e. The molecule has 0 aliphatic carbocycles. The molecule has 66 heavy (non-hydrogen) atoms. The van der Waals surface area contributed by atoms with Crippen LogP contribution >= 0.6 is 11.3 Å². The quantitative estimate of drug-likeness (QED) is 0.160. The Balaban J connectivity index is 0.926. The molecule has 4 nitrogen and oxygen atoms in total. The van der Waals surface area contributed by atoms with Gasteiger partial charge in [-0.25, -0.2) is 15.0 Å². The third kappa shape index (κ3) is 6.48. The molecular weight excluding hydrogens is 823 g/mol. The number of rotatable bonds is 7. The molecule has 0 unspecified atom stereocenters. The average Bonchev–Trinajstić information content (AvgIpc) is 3.98. The number of fused-ring (bicyclic) bond motifs is 8. The highest BCUT2D eigenvalue weighted by Crippen LogP contribution is 2.46. The van der Waals surface area contributed by atoms with E-state index in [9.17, 15) is 0 Å². The van der Waals surface area contributed by atoms with E-state index in [1.165, 1.54) is 36.7 Å². The molecule has 0 amide bonds. The maximum Gasteiger partial charge on any atom is 0.164 e. The van der Waals surface area contributed by atoms with Crippen LogP contribution in [-0.4, -0.2) is 15.0 Å². The minimum atomic E-state index is 0.610. The second-order valence-corrected chi connectivity index (χ2v) is 17.7. The summed E-state index contributed by atoms with van der Waals surface area (Å²) >= 11 is 1.86. The van der Waals surface area contributed by atoms with Crippen LogP contribution in [0.25, 0.3) is 132 Å². The maximum absolute atomic E-state index is 6.80. The third-order valence-electron chi connectivity index (χ3n) is 12.8. The Bertz CT molecular complexity index is 3850. The third-order valence-corrected chi connectivity index (χ3v) is 14.0. The van der Waals surface area contributed by atoms with Crippen LogP contribution in [-0.2, 0) is 0 Å². The average molecular weight is 860 g/mol. The van der Waals surface area contributed by atoms with Crippen LogP contribution in [0.15, 0.2) is 229 Å². The molecule has 10 aromatic carbocycles. The molecule has 5 heteroatoms. The molecule has 0 bridgehead atoms.